The van der Waals surface area contributed by atoms with Crippen LogP contribution >= 0.6 is 23.2 Å². The summed E-state index contributed by atoms with van der Waals surface area (Å²) in [4.78, 5) is 0. The Hall–Kier alpha value is -0.410. The van der Waals surface area contributed by atoms with Crippen LogP contribution in [0.1, 0.15) is 38.7 Å². The molecule has 0 aliphatic heterocycles. The van der Waals surface area contributed by atoms with Crippen LogP contribution in [-0.4, -0.2) is 6.18 Å². The smallest absolute Gasteiger partial charge is 0.170 e. The number of halogens is 5. The lowest BCUT2D eigenvalue weighted by atomic mass is 9.74. The van der Waals surface area contributed by atoms with E-state index in [-0.39, 0.29) is 28.5 Å². The molecule has 0 heterocycles. The highest BCUT2D eigenvalue weighted by molar-refractivity contribution is 6.34. The molecular weight excluding hydrogens is 284 g/mol. The molecule has 0 spiro atoms. The molecule has 1 aromatic rings. The van der Waals surface area contributed by atoms with E-state index >= 15 is 0 Å². The van der Waals surface area contributed by atoms with Crippen molar-refractivity contribution in [3.05, 3.63) is 33.8 Å². The summed E-state index contributed by atoms with van der Waals surface area (Å²) < 4.78 is 40.3. The van der Waals surface area contributed by atoms with Gasteiger partial charge in [-0.05, 0) is 36.6 Å². The number of benzene rings is 1. The predicted octanol–water partition coefficient (Wildman–Crippen LogP) is 6.00. The Bertz CT molecular complexity index is 395. The highest BCUT2D eigenvalue weighted by atomic mass is 35.5. The Labute approximate surface area is 115 Å². The Kier molecular flexibility index (Phi) is 4.96. The molecule has 0 bridgehead atoms. The van der Waals surface area contributed by atoms with Crippen LogP contribution in [0.3, 0.4) is 0 Å². The molecule has 1 unspecified atom stereocenters. The first-order chi connectivity index (χ1) is 8.26. The Morgan fingerprint density at radius 3 is 1.83 bits per heavy atom. The summed E-state index contributed by atoms with van der Waals surface area (Å²) in [6, 6.07) is 4.16. The van der Waals surface area contributed by atoms with Gasteiger partial charge in [0.15, 0.2) is 0 Å². The normalized spacial score (nSPS) is 15.5. The van der Waals surface area contributed by atoms with Crippen molar-refractivity contribution in [3.63, 3.8) is 0 Å². The van der Waals surface area contributed by atoms with E-state index in [4.69, 9.17) is 23.2 Å². The van der Waals surface area contributed by atoms with Crippen molar-refractivity contribution in [2.75, 3.05) is 0 Å². The summed E-state index contributed by atoms with van der Waals surface area (Å²) in [5, 5.41) is 0.464. The second-order valence-corrected chi connectivity index (χ2v) is 5.21. The van der Waals surface area contributed by atoms with Crippen LogP contribution in [-0.2, 0) is 5.41 Å². The minimum Gasteiger partial charge on any atom is -0.170 e. The molecule has 5 heteroatoms. The fourth-order valence-electron chi connectivity index (χ4n) is 2.29. The van der Waals surface area contributed by atoms with Crippen LogP contribution < -0.4 is 0 Å². The molecule has 0 fully saturated rings. The lowest BCUT2D eigenvalue weighted by molar-refractivity contribution is -0.194. The molecular formula is C13H15Cl2F3. The van der Waals surface area contributed by atoms with E-state index in [1.54, 1.807) is 6.92 Å². The van der Waals surface area contributed by atoms with Gasteiger partial charge in [-0.3, -0.25) is 0 Å². The average Bonchev–Trinajstić information content (AvgIpc) is 2.22. The van der Waals surface area contributed by atoms with Gasteiger partial charge in [-0.15, -0.1) is 0 Å². The van der Waals surface area contributed by atoms with Gasteiger partial charge in [-0.1, -0.05) is 43.5 Å². The molecule has 1 atom stereocenters. The third-order valence-electron chi connectivity index (χ3n) is 3.24. The minimum absolute atomic E-state index is 0.0268. The molecule has 18 heavy (non-hydrogen) atoms. The average molecular weight is 299 g/mol. The highest BCUT2D eigenvalue weighted by Gasteiger charge is 2.53. The molecule has 0 amide bonds. The van der Waals surface area contributed by atoms with Gasteiger partial charge in [0.1, 0.15) is 0 Å². The zero-order valence-corrected chi connectivity index (χ0v) is 11.8. The van der Waals surface area contributed by atoms with Crippen molar-refractivity contribution in [3.8, 4) is 0 Å². The largest absolute Gasteiger partial charge is 0.398 e. The topological polar surface area (TPSA) is 0 Å². The van der Waals surface area contributed by atoms with Gasteiger partial charge in [-0.2, -0.15) is 13.2 Å². The number of hydrogen-bond donors (Lipinski definition) is 0. The van der Waals surface area contributed by atoms with Crippen molar-refractivity contribution >= 4 is 23.2 Å². The van der Waals surface area contributed by atoms with Crippen molar-refractivity contribution in [1.82, 2.24) is 0 Å². The van der Waals surface area contributed by atoms with E-state index in [0.29, 0.717) is 6.42 Å². The molecule has 1 rings (SSSR count). The molecule has 0 aromatic heterocycles. The quantitative estimate of drug-likeness (QED) is 0.639. The first kappa shape index (κ1) is 15.6. The highest BCUT2D eigenvalue weighted by Crippen LogP contribution is 2.48. The third-order valence-corrected chi connectivity index (χ3v) is 3.67. The summed E-state index contributed by atoms with van der Waals surface area (Å²) >= 11 is 11.6. The molecule has 0 saturated carbocycles. The molecule has 102 valence electrons. The summed E-state index contributed by atoms with van der Waals surface area (Å²) in [5.74, 6) is 0. The third kappa shape index (κ3) is 2.94. The fraction of sp³-hybridized carbons (Fsp3) is 0.538. The lowest BCUT2D eigenvalue weighted by Gasteiger charge is -2.35. The van der Waals surface area contributed by atoms with Crippen LogP contribution in [0.4, 0.5) is 13.2 Å². The minimum atomic E-state index is -4.31. The molecule has 0 N–H and O–H groups in total. The summed E-state index contributed by atoms with van der Waals surface area (Å²) in [6.07, 6.45) is -3.87. The zero-order valence-electron chi connectivity index (χ0n) is 10.2. The van der Waals surface area contributed by atoms with E-state index in [0.717, 1.165) is 0 Å². The summed E-state index contributed by atoms with van der Waals surface area (Å²) in [6.45, 7) is 3.28. The Morgan fingerprint density at radius 1 is 1.00 bits per heavy atom. The fourth-order valence-corrected chi connectivity index (χ4v) is 2.81. The van der Waals surface area contributed by atoms with Crippen molar-refractivity contribution in [1.29, 1.82) is 0 Å². The summed E-state index contributed by atoms with van der Waals surface area (Å²) in [7, 11) is 0. The standard InChI is InChI=1S/C13H15Cl2F3/c1-3-5-12(4-2,13(16,17)18)9-6-10(14)8-11(15)7-9/h6-8H,3-5H2,1-2H3. The zero-order chi connectivity index (χ0) is 14.0. The SMILES string of the molecule is CCCC(CC)(c1cc(Cl)cc(Cl)c1)C(F)(F)F. The first-order valence-corrected chi connectivity index (χ1v) is 6.55. The maximum Gasteiger partial charge on any atom is 0.398 e. The predicted molar refractivity (Wildman–Crippen MR) is 69.4 cm³/mol. The van der Waals surface area contributed by atoms with Crippen LogP contribution in [0.2, 0.25) is 10.0 Å². The van der Waals surface area contributed by atoms with E-state index in [9.17, 15) is 13.2 Å². The van der Waals surface area contributed by atoms with E-state index in [1.165, 1.54) is 25.1 Å². The van der Waals surface area contributed by atoms with Crippen LogP contribution in [0.15, 0.2) is 18.2 Å². The lowest BCUT2D eigenvalue weighted by Crippen LogP contribution is -2.41. The number of hydrogen-bond acceptors (Lipinski definition) is 0. The van der Waals surface area contributed by atoms with Crippen molar-refractivity contribution in [2.45, 2.75) is 44.7 Å². The van der Waals surface area contributed by atoms with Crippen molar-refractivity contribution < 1.29 is 13.2 Å². The Balaban J connectivity index is 3.42. The van der Waals surface area contributed by atoms with Crippen LogP contribution in [0.5, 0.6) is 0 Å². The molecule has 0 saturated heterocycles. The monoisotopic (exact) mass is 298 g/mol. The molecule has 0 aliphatic rings. The van der Waals surface area contributed by atoms with Crippen molar-refractivity contribution in [2.24, 2.45) is 0 Å². The van der Waals surface area contributed by atoms with Gasteiger partial charge in [0.2, 0.25) is 0 Å². The van der Waals surface area contributed by atoms with E-state index in [2.05, 4.69) is 0 Å². The molecule has 0 nitrogen and oxygen atoms in total. The molecule has 1 aromatic carbocycles. The maximum atomic E-state index is 13.4. The maximum absolute atomic E-state index is 13.4. The van der Waals surface area contributed by atoms with Gasteiger partial charge in [0.05, 0.1) is 5.41 Å². The second kappa shape index (κ2) is 5.70. The second-order valence-electron chi connectivity index (χ2n) is 4.34. The van der Waals surface area contributed by atoms with E-state index in [1.807, 2.05) is 0 Å². The van der Waals surface area contributed by atoms with Gasteiger partial charge in [-0.25, -0.2) is 0 Å². The molecule has 0 radical (unpaired) electrons. The summed E-state index contributed by atoms with van der Waals surface area (Å²) in [5.41, 5.74) is -1.71. The van der Waals surface area contributed by atoms with Gasteiger partial charge >= 0.3 is 6.18 Å². The van der Waals surface area contributed by atoms with E-state index < -0.39 is 11.6 Å². The number of alkyl halides is 3. The molecule has 0 aliphatic carbocycles. The first-order valence-electron chi connectivity index (χ1n) is 5.80. The van der Waals surface area contributed by atoms with Crippen LogP contribution in [0, 0.1) is 0 Å². The van der Waals surface area contributed by atoms with Gasteiger partial charge < -0.3 is 0 Å². The van der Waals surface area contributed by atoms with Gasteiger partial charge in [0.25, 0.3) is 0 Å². The number of rotatable bonds is 4. The van der Waals surface area contributed by atoms with Gasteiger partial charge in [0, 0.05) is 10.0 Å². The van der Waals surface area contributed by atoms with Crippen LogP contribution in [0.25, 0.3) is 0 Å². The Morgan fingerprint density at radius 2 is 1.50 bits per heavy atom.